The fourth-order valence-electron chi connectivity index (χ4n) is 1.85. The van der Waals surface area contributed by atoms with E-state index in [1.165, 1.54) is 9.18 Å². The summed E-state index contributed by atoms with van der Waals surface area (Å²) < 4.78 is 25.5. The maximum atomic E-state index is 12.0. The molecule has 8 heteroatoms. The Bertz CT molecular complexity index is 522. The first-order valence-electron chi connectivity index (χ1n) is 6.98. The minimum absolute atomic E-state index is 0.0639. The van der Waals surface area contributed by atoms with E-state index in [2.05, 4.69) is 15.6 Å². The normalized spacial score (nSPS) is 12.7. The van der Waals surface area contributed by atoms with E-state index in [9.17, 15) is 8.42 Å². The van der Waals surface area contributed by atoms with Gasteiger partial charge in [-0.1, -0.05) is 19.9 Å². The van der Waals surface area contributed by atoms with Crippen molar-refractivity contribution in [2.45, 2.75) is 20.4 Å². The highest BCUT2D eigenvalue weighted by Crippen LogP contribution is 2.07. The fraction of sp³-hybridized carbons (Fsp3) is 0.615. The topological polar surface area (TPSA) is 73.8 Å². The molecule has 0 bridgehead atoms. The first kappa shape index (κ1) is 17.9. The first-order chi connectivity index (χ1) is 10.0. The number of guanidine groups is 1. The Morgan fingerprint density at radius 3 is 2.57 bits per heavy atom. The quantitative estimate of drug-likeness (QED) is 0.552. The number of hydrogen-bond donors (Lipinski definition) is 2. The summed E-state index contributed by atoms with van der Waals surface area (Å²) in [7, 11) is -1.53. The molecule has 0 saturated heterocycles. The molecule has 0 atom stereocenters. The van der Waals surface area contributed by atoms with Crippen LogP contribution in [0.25, 0.3) is 0 Å². The number of thiophene rings is 1. The van der Waals surface area contributed by atoms with Crippen molar-refractivity contribution < 1.29 is 8.42 Å². The van der Waals surface area contributed by atoms with Gasteiger partial charge in [0, 0.05) is 31.6 Å². The van der Waals surface area contributed by atoms with E-state index in [-0.39, 0.29) is 5.75 Å². The first-order valence-corrected chi connectivity index (χ1v) is 9.47. The van der Waals surface area contributed by atoms with Crippen LogP contribution in [-0.4, -0.2) is 51.1 Å². The highest BCUT2D eigenvalue weighted by Gasteiger charge is 2.18. The molecule has 0 unspecified atom stereocenters. The van der Waals surface area contributed by atoms with Crippen molar-refractivity contribution in [1.29, 1.82) is 0 Å². The molecule has 0 spiro atoms. The van der Waals surface area contributed by atoms with Gasteiger partial charge in [0.2, 0.25) is 10.0 Å². The zero-order valence-electron chi connectivity index (χ0n) is 12.8. The fourth-order valence-corrected chi connectivity index (χ4v) is 3.90. The second-order valence-electron chi connectivity index (χ2n) is 4.33. The van der Waals surface area contributed by atoms with Crippen LogP contribution < -0.4 is 10.6 Å². The van der Waals surface area contributed by atoms with Crippen LogP contribution >= 0.6 is 11.3 Å². The van der Waals surface area contributed by atoms with Crippen LogP contribution in [0.15, 0.2) is 22.5 Å². The van der Waals surface area contributed by atoms with E-state index in [4.69, 9.17) is 0 Å². The molecule has 0 fully saturated rings. The largest absolute Gasteiger partial charge is 0.355 e. The van der Waals surface area contributed by atoms with Crippen molar-refractivity contribution in [1.82, 2.24) is 14.9 Å². The maximum Gasteiger partial charge on any atom is 0.215 e. The SMILES string of the molecule is CCN(CC)S(=O)(=O)CCNC(=NC)NCc1cccs1. The number of nitrogens with one attached hydrogen (secondary N) is 2. The zero-order valence-corrected chi connectivity index (χ0v) is 14.4. The summed E-state index contributed by atoms with van der Waals surface area (Å²) in [6.45, 7) is 5.71. The summed E-state index contributed by atoms with van der Waals surface area (Å²) in [6.07, 6.45) is 0. The minimum atomic E-state index is -3.19. The summed E-state index contributed by atoms with van der Waals surface area (Å²) in [6, 6.07) is 4.03. The van der Waals surface area contributed by atoms with Crippen molar-refractivity contribution in [2.75, 3.05) is 32.4 Å². The van der Waals surface area contributed by atoms with Crippen LogP contribution in [0.3, 0.4) is 0 Å². The van der Waals surface area contributed by atoms with E-state index in [1.54, 1.807) is 18.4 Å². The van der Waals surface area contributed by atoms with Gasteiger partial charge in [0.1, 0.15) is 0 Å². The van der Waals surface area contributed by atoms with Gasteiger partial charge in [-0.05, 0) is 11.4 Å². The number of nitrogens with zero attached hydrogens (tertiary/aromatic N) is 2. The molecule has 0 aliphatic carbocycles. The molecule has 0 aliphatic heterocycles. The molecule has 120 valence electrons. The molecule has 1 heterocycles. The van der Waals surface area contributed by atoms with E-state index < -0.39 is 10.0 Å². The Labute approximate surface area is 131 Å². The molecule has 0 radical (unpaired) electrons. The van der Waals surface area contributed by atoms with Crippen molar-refractivity contribution >= 4 is 27.3 Å². The molecule has 0 saturated carbocycles. The Kier molecular flexibility index (Phi) is 7.69. The van der Waals surface area contributed by atoms with Crippen LogP contribution in [0.1, 0.15) is 18.7 Å². The highest BCUT2D eigenvalue weighted by molar-refractivity contribution is 7.89. The van der Waals surface area contributed by atoms with Gasteiger partial charge in [0.25, 0.3) is 0 Å². The van der Waals surface area contributed by atoms with E-state index >= 15 is 0 Å². The second-order valence-corrected chi connectivity index (χ2v) is 7.45. The Balaban J connectivity index is 2.38. The smallest absolute Gasteiger partial charge is 0.215 e. The molecule has 0 aliphatic rings. The van der Waals surface area contributed by atoms with E-state index in [0.717, 1.165) is 0 Å². The van der Waals surface area contributed by atoms with Crippen LogP contribution in [0.5, 0.6) is 0 Å². The third-order valence-corrected chi connectivity index (χ3v) is 5.88. The lowest BCUT2D eigenvalue weighted by Gasteiger charge is -2.19. The molecule has 21 heavy (non-hydrogen) atoms. The lowest BCUT2D eigenvalue weighted by Crippen LogP contribution is -2.41. The third kappa shape index (κ3) is 6.03. The van der Waals surface area contributed by atoms with Gasteiger partial charge in [0.05, 0.1) is 12.3 Å². The monoisotopic (exact) mass is 332 g/mol. The average molecular weight is 332 g/mol. The molecule has 2 N–H and O–H groups in total. The molecule has 0 amide bonds. The summed E-state index contributed by atoms with van der Waals surface area (Å²) in [5.41, 5.74) is 0. The van der Waals surface area contributed by atoms with Crippen LogP contribution in [0, 0.1) is 0 Å². The standard InChI is InChI=1S/C13H24N4O2S2/c1-4-17(5-2)21(18,19)10-8-15-13(14-3)16-11-12-7-6-9-20-12/h6-7,9H,4-5,8,10-11H2,1-3H3,(H2,14,15,16). The van der Waals surface area contributed by atoms with Crippen molar-refractivity contribution in [3.8, 4) is 0 Å². The van der Waals surface area contributed by atoms with Gasteiger partial charge in [-0.15, -0.1) is 11.3 Å². The van der Waals surface area contributed by atoms with Gasteiger partial charge in [-0.25, -0.2) is 12.7 Å². The minimum Gasteiger partial charge on any atom is -0.355 e. The predicted octanol–water partition coefficient (Wildman–Crippen LogP) is 1.08. The van der Waals surface area contributed by atoms with Gasteiger partial charge >= 0.3 is 0 Å². The number of hydrogen-bond acceptors (Lipinski definition) is 4. The van der Waals surface area contributed by atoms with Crippen molar-refractivity contribution in [3.05, 3.63) is 22.4 Å². The average Bonchev–Trinajstić information content (AvgIpc) is 2.96. The molecule has 0 aromatic carbocycles. The maximum absolute atomic E-state index is 12.0. The van der Waals surface area contributed by atoms with Gasteiger partial charge in [-0.3, -0.25) is 4.99 Å². The van der Waals surface area contributed by atoms with Crippen LogP contribution in [-0.2, 0) is 16.6 Å². The zero-order chi connectivity index (χ0) is 15.7. The predicted molar refractivity (Wildman–Crippen MR) is 89.2 cm³/mol. The Hall–Kier alpha value is -1.12. The van der Waals surface area contributed by atoms with E-state index in [1.807, 2.05) is 31.4 Å². The molecule has 1 aromatic heterocycles. The lowest BCUT2D eigenvalue weighted by molar-refractivity contribution is 0.445. The number of aliphatic imine (C=N–C) groups is 1. The van der Waals surface area contributed by atoms with Gasteiger partial charge in [0.15, 0.2) is 5.96 Å². The molecular weight excluding hydrogens is 308 g/mol. The van der Waals surface area contributed by atoms with Crippen molar-refractivity contribution in [3.63, 3.8) is 0 Å². The van der Waals surface area contributed by atoms with E-state index in [0.29, 0.717) is 32.1 Å². The molecule has 6 nitrogen and oxygen atoms in total. The summed E-state index contributed by atoms with van der Waals surface area (Å²) >= 11 is 1.67. The number of sulfonamides is 1. The van der Waals surface area contributed by atoms with Gasteiger partial charge in [-0.2, -0.15) is 0 Å². The molecule has 1 aromatic rings. The second kappa shape index (κ2) is 9.01. The summed E-state index contributed by atoms with van der Waals surface area (Å²) in [4.78, 5) is 5.29. The van der Waals surface area contributed by atoms with Gasteiger partial charge < -0.3 is 10.6 Å². The van der Waals surface area contributed by atoms with Crippen LogP contribution in [0.4, 0.5) is 0 Å². The van der Waals surface area contributed by atoms with Crippen molar-refractivity contribution in [2.24, 2.45) is 4.99 Å². The third-order valence-electron chi connectivity index (χ3n) is 2.99. The Morgan fingerprint density at radius 2 is 2.05 bits per heavy atom. The van der Waals surface area contributed by atoms with Crippen LogP contribution in [0.2, 0.25) is 0 Å². The number of rotatable bonds is 8. The molecule has 1 rings (SSSR count). The molecular formula is C13H24N4O2S2. The Morgan fingerprint density at radius 1 is 1.33 bits per heavy atom. The summed E-state index contributed by atoms with van der Waals surface area (Å²) in [5.74, 6) is 0.673. The highest BCUT2D eigenvalue weighted by atomic mass is 32.2. The summed E-state index contributed by atoms with van der Waals surface area (Å²) in [5, 5.41) is 8.20. The lowest BCUT2D eigenvalue weighted by atomic mass is 10.5.